The van der Waals surface area contributed by atoms with E-state index < -0.39 is 4.92 Å². The molecule has 0 bridgehead atoms. The fourth-order valence-corrected chi connectivity index (χ4v) is 1.27. The highest BCUT2D eigenvalue weighted by Gasteiger charge is 2.17. The Morgan fingerprint density at radius 2 is 2.40 bits per heavy atom. The largest absolute Gasteiger partial charge is 0.432 e. The zero-order chi connectivity index (χ0) is 10.8. The van der Waals surface area contributed by atoms with E-state index in [0.717, 1.165) is 0 Å². The maximum atomic E-state index is 10.6. The molecular formula is C9H5N3O3. The second-order valence-electron chi connectivity index (χ2n) is 2.82. The monoisotopic (exact) mass is 203 g/mol. The van der Waals surface area contributed by atoms with E-state index in [1.54, 1.807) is 6.07 Å². The summed E-state index contributed by atoms with van der Waals surface area (Å²) in [5.74, 6) is 0.196. The van der Waals surface area contributed by atoms with Crippen molar-refractivity contribution in [1.29, 1.82) is 5.26 Å². The standard InChI is InChI=1S/C9H5N3O3/c10-5-4-8-11-6-2-1-3-7(12(13)14)9(6)15-8/h1-3H,4H2. The van der Waals surface area contributed by atoms with Crippen LogP contribution in [0.4, 0.5) is 5.69 Å². The SMILES string of the molecule is N#CCc1nc2cccc([N+](=O)[O-])c2o1. The van der Waals surface area contributed by atoms with Crippen LogP contribution in [-0.2, 0) is 6.42 Å². The van der Waals surface area contributed by atoms with E-state index >= 15 is 0 Å². The third-order valence-electron chi connectivity index (χ3n) is 1.87. The van der Waals surface area contributed by atoms with Crippen LogP contribution in [0.2, 0.25) is 0 Å². The number of fused-ring (bicyclic) bond motifs is 1. The molecule has 0 radical (unpaired) electrons. The predicted molar refractivity (Wildman–Crippen MR) is 50.0 cm³/mol. The van der Waals surface area contributed by atoms with Gasteiger partial charge in [0.2, 0.25) is 11.5 Å². The smallest absolute Gasteiger partial charge is 0.313 e. The molecule has 0 spiro atoms. The average Bonchev–Trinajstić information content (AvgIpc) is 2.59. The number of para-hydroxylation sites is 1. The van der Waals surface area contributed by atoms with Gasteiger partial charge in [-0.15, -0.1) is 0 Å². The first-order valence-electron chi connectivity index (χ1n) is 4.12. The third-order valence-corrected chi connectivity index (χ3v) is 1.87. The molecule has 0 aliphatic heterocycles. The van der Waals surface area contributed by atoms with Gasteiger partial charge in [-0.1, -0.05) is 6.07 Å². The average molecular weight is 203 g/mol. The predicted octanol–water partition coefficient (Wildman–Crippen LogP) is 1.80. The van der Waals surface area contributed by atoms with Crippen LogP contribution in [0.3, 0.4) is 0 Å². The highest BCUT2D eigenvalue weighted by molar-refractivity contribution is 5.82. The number of nitro benzene ring substituents is 1. The Labute approximate surface area is 83.9 Å². The van der Waals surface area contributed by atoms with Gasteiger partial charge in [0.1, 0.15) is 11.9 Å². The number of nitrogens with zero attached hydrogens (tertiary/aromatic N) is 3. The van der Waals surface area contributed by atoms with Gasteiger partial charge in [-0.3, -0.25) is 10.1 Å². The number of nitriles is 1. The van der Waals surface area contributed by atoms with Crippen molar-refractivity contribution in [3.63, 3.8) is 0 Å². The first-order chi connectivity index (χ1) is 7.22. The van der Waals surface area contributed by atoms with Crippen LogP contribution in [0.25, 0.3) is 11.1 Å². The summed E-state index contributed by atoms with van der Waals surface area (Å²) in [4.78, 5) is 14.0. The summed E-state index contributed by atoms with van der Waals surface area (Å²) in [6.07, 6.45) is 0.00579. The summed E-state index contributed by atoms with van der Waals surface area (Å²) in [5, 5.41) is 19.1. The summed E-state index contributed by atoms with van der Waals surface area (Å²) < 4.78 is 5.13. The van der Waals surface area contributed by atoms with E-state index in [9.17, 15) is 10.1 Å². The van der Waals surface area contributed by atoms with Crippen LogP contribution >= 0.6 is 0 Å². The molecule has 0 N–H and O–H groups in total. The van der Waals surface area contributed by atoms with Crippen LogP contribution in [0.1, 0.15) is 5.89 Å². The quantitative estimate of drug-likeness (QED) is 0.548. The Morgan fingerprint density at radius 1 is 1.60 bits per heavy atom. The Morgan fingerprint density at radius 3 is 3.07 bits per heavy atom. The molecule has 0 unspecified atom stereocenters. The minimum absolute atomic E-state index is 0.00579. The molecule has 1 aromatic heterocycles. The fraction of sp³-hybridized carbons (Fsp3) is 0.111. The molecule has 0 amide bonds. The van der Waals surface area contributed by atoms with Crippen molar-refractivity contribution < 1.29 is 9.34 Å². The van der Waals surface area contributed by atoms with Crippen molar-refractivity contribution in [1.82, 2.24) is 4.98 Å². The number of aromatic nitrogens is 1. The lowest BCUT2D eigenvalue weighted by Crippen LogP contribution is -1.87. The van der Waals surface area contributed by atoms with E-state index in [-0.39, 0.29) is 23.6 Å². The molecule has 6 heteroatoms. The van der Waals surface area contributed by atoms with Crippen molar-refractivity contribution in [3.8, 4) is 6.07 Å². The summed E-state index contributed by atoms with van der Waals surface area (Å²) in [7, 11) is 0. The van der Waals surface area contributed by atoms with Crippen molar-refractivity contribution in [2.45, 2.75) is 6.42 Å². The molecule has 15 heavy (non-hydrogen) atoms. The molecular weight excluding hydrogens is 198 g/mol. The van der Waals surface area contributed by atoms with E-state index in [1.807, 2.05) is 6.07 Å². The minimum Gasteiger partial charge on any atom is -0.432 e. The van der Waals surface area contributed by atoms with Gasteiger partial charge in [0.25, 0.3) is 0 Å². The molecule has 2 rings (SSSR count). The first kappa shape index (κ1) is 9.15. The summed E-state index contributed by atoms with van der Waals surface area (Å²) in [6.45, 7) is 0. The minimum atomic E-state index is -0.538. The Balaban J connectivity index is 2.65. The van der Waals surface area contributed by atoms with E-state index in [2.05, 4.69) is 4.98 Å². The number of nitro groups is 1. The number of benzene rings is 1. The number of hydrogen-bond acceptors (Lipinski definition) is 5. The highest BCUT2D eigenvalue weighted by atomic mass is 16.6. The van der Waals surface area contributed by atoms with Crippen LogP contribution in [0, 0.1) is 21.4 Å². The van der Waals surface area contributed by atoms with Gasteiger partial charge in [0.05, 0.1) is 11.0 Å². The molecule has 6 nitrogen and oxygen atoms in total. The van der Waals surface area contributed by atoms with Gasteiger partial charge >= 0.3 is 5.69 Å². The van der Waals surface area contributed by atoms with Crippen LogP contribution < -0.4 is 0 Å². The van der Waals surface area contributed by atoms with Crippen LogP contribution in [0.15, 0.2) is 22.6 Å². The van der Waals surface area contributed by atoms with Crippen molar-refractivity contribution in [2.75, 3.05) is 0 Å². The third kappa shape index (κ3) is 1.50. The summed E-state index contributed by atoms with van der Waals surface area (Å²) in [5.41, 5.74) is 0.381. The molecule has 0 aliphatic rings. The van der Waals surface area contributed by atoms with Crippen molar-refractivity contribution >= 4 is 16.8 Å². The lowest BCUT2D eigenvalue weighted by molar-refractivity contribution is -0.383. The van der Waals surface area contributed by atoms with Gasteiger partial charge in [-0.05, 0) is 6.07 Å². The van der Waals surface area contributed by atoms with Gasteiger partial charge in [-0.2, -0.15) is 5.26 Å². The van der Waals surface area contributed by atoms with Crippen LogP contribution in [0.5, 0.6) is 0 Å². The Kier molecular flexibility index (Phi) is 2.06. The molecule has 74 valence electrons. The number of rotatable bonds is 2. The van der Waals surface area contributed by atoms with Gasteiger partial charge in [0.15, 0.2) is 0 Å². The molecule has 0 fully saturated rings. The van der Waals surface area contributed by atoms with E-state index in [1.165, 1.54) is 12.1 Å². The first-order valence-corrected chi connectivity index (χ1v) is 4.12. The number of non-ortho nitro benzene ring substituents is 1. The van der Waals surface area contributed by atoms with E-state index in [0.29, 0.717) is 5.52 Å². The summed E-state index contributed by atoms with van der Waals surface area (Å²) >= 11 is 0. The Hall–Kier alpha value is -2.42. The van der Waals surface area contributed by atoms with Gasteiger partial charge in [-0.25, -0.2) is 4.98 Å². The molecule has 1 heterocycles. The second kappa shape index (κ2) is 3.38. The summed E-state index contributed by atoms with van der Waals surface area (Å²) in [6, 6.07) is 6.34. The normalized spacial score (nSPS) is 10.1. The van der Waals surface area contributed by atoms with Crippen molar-refractivity contribution in [3.05, 3.63) is 34.2 Å². The zero-order valence-electron chi connectivity index (χ0n) is 7.51. The molecule has 0 atom stereocenters. The topological polar surface area (TPSA) is 93.0 Å². The molecule has 0 saturated heterocycles. The zero-order valence-corrected chi connectivity index (χ0v) is 7.51. The number of hydrogen-bond donors (Lipinski definition) is 0. The maximum absolute atomic E-state index is 10.6. The highest BCUT2D eigenvalue weighted by Crippen LogP contribution is 2.25. The molecule has 0 aliphatic carbocycles. The molecule has 2 aromatic rings. The van der Waals surface area contributed by atoms with Gasteiger partial charge in [0, 0.05) is 6.07 Å². The molecule has 0 saturated carbocycles. The van der Waals surface area contributed by atoms with Crippen LogP contribution in [-0.4, -0.2) is 9.91 Å². The van der Waals surface area contributed by atoms with Crippen molar-refractivity contribution in [2.24, 2.45) is 0 Å². The molecule has 1 aromatic carbocycles. The number of oxazole rings is 1. The lowest BCUT2D eigenvalue weighted by atomic mass is 10.3. The maximum Gasteiger partial charge on any atom is 0.313 e. The Bertz CT molecular complexity index is 567. The lowest BCUT2D eigenvalue weighted by Gasteiger charge is -1.89. The van der Waals surface area contributed by atoms with Gasteiger partial charge < -0.3 is 4.42 Å². The van der Waals surface area contributed by atoms with E-state index in [4.69, 9.17) is 9.68 Å². The second-order valence-corrected chi connectivity index (χ2v) is 2.82. The fourth-order valence-electron chi connectivity index (χ4n) is 1.27.